The van der Waals surface area contributed by atoms with Crippen molar-refractivity contribution in [2.75, 3.05) is 6.54 Å². The largest absolute Gasteiger partial charge is 0.387 e. The highest BCUT2D eigenvalue weighted by molar-refractivity contribution is 7.89. The van der Waals surface area contributed by atoms with Gasteiger partial charge in [0.05, 0.1) is 16.5 Å². The fourth-order valence-electron chi connectivity index (χ4n) is 3.99. The van der Waals surface area contributed by atoms with Gasteiger partial charge in [-0.15, -0.1) is 0 Å². The maximum atomic E-state index is 13.2. The molecule has 1 spiro atoms. The molecule has 23 heavy (non-hydrogen) atoms. The zero-order valence-corrected chi connectivity index (χ0v) is 14.6. The minimum atomic E-state index is -3.61. The summed E-state index contributed by atoms with van der Waals surface area (Å²) in [6.07, 6.45) is 5.69. The molecule has 1 heterocycles. The van der Waals surface area contributed by atoms with Gasteiger partial charge in [0.25, 0.3) is 0 Å². The van der Waals surface area contributed by atoms with Crippen LogP contribution in [0.1, 0.15) is 44.6 Å². The molecule has 1 aromatic carbocycles. The van der Waals surface area contributed by atoms with Gasteiger partial charge in [-0.2, -0.15) is 4.31 Å². The zero-order chi connectivity index (χ0) is 16.7. The van der Waals surface area contributed by atoms with Gasteiger partial charge in [0.15, 0.2) is 0 Å². The lowest BCUT2D eigenvalue weighted by molar-refractivity contribution is 0.0471. The summed E-state index contributed by atoms with van der Waals surface area (Å²) in [4.78, 5) is 0.317. The first-order chi connectivity index (χ1) is 10.9. The zero-order valence-electron chi connectivity index (χ0n) is 13.8. The average molecular weight is 335 g/mol. The maximum absolute atomic E-state index is 13.2. The monoisotopic (exact) mass is 335 g/mol. The van der Waals surface area contributed by atoms with Gasteiger partial charge < -0.3 is 5.11 Å². The predicted molar refractivity (Wildman–Crippen MR) is 90.7 cm³/mol. The van der Waals surface area contributed by atoms with E-state index in [9.17, 15) is 13.5 Å². The summed E-state index contributed by atoms with van der Waals surface area (Å²) in [5, 5.41) is 10.8. The summed E-state index contributed by atoms with van der Waals surface area (Å²) >= 11 is 0. The van der Waals surface area contributed by atoms with Crippen LogP contribution < -0.4 is 0 Å². The molecule has 0 aromatic heterocycles. The molecule has 0 amide bonds. The first-order valence-corrected chi connectivity index (χ1v) is 9.78. The molecule has 1 aliphatic carbocycles. The average Bonchev–Trinajstić information content (AvgIpc) is 2.82. The minimum absolute atomic E-state index is 0.299. The molecule has 126 valence electrons. The van der Waals surface area contributed by atoms with Crippen molar-refractivity contribution in [3.8, 4) is 0 Å². The van der Waals surface area contributed by atoms with Gasteiger partial charge in [-0.3, -0.25) is 0 Å². The third-order valence-electron chi connectivity index (χ3n) is 5.38. The molecule has 4 nitrogen and oxygen atoms in total. The van der Waals surface area contributed by atoms with Crippen molar-refractivity contribution < 1.29 is 13.5 Å². The van der Waals surface area contributed by atoms with Gasteiger partial charge >= 0.3 is 0 Å². The molecule has 1 aromatic rings. The smallest absolute Gasteiger partial charge is 0.243 e. The molecule has 0 bridgehead atoms. The van der Waals surface area contributed by atoms with E-state index in [0.29, 0.717) is 11.4 Å². The van der Waals surface area contributed by atoms with Crippen molar-refractivity contribution in [1.29, 1.82) is 0 Å². The third-order valence-corrected chi connectivity index (χ3v) is 7.32. The molecule has 0 unspecified atom stereocenters. The number of allylic oxidation sites excluding steroid dienone is 1. The Morgan fingerprint density at radius 3 is 2.35 bits per heavy atom. The van der Waals surface area contributed by atoms with Gasteiger partial charge in [0.2, 0.25) is 10.0 Å². The number of aliphatic hydroxyl groups is 1. The molecule has 1 saturated carbocycles. The number of aliphatic hydroxyl groups excluding tert-OH is 1. The summed E-state index contributed by atoms with van der Waals surface area (Å²) in [6.45, 7) is 4.11. The van der Waals surface area contributed by atoms with E-state index in [1.807, 2.05) is 32.1 Å². The third kappa shape index (κ3) is 2.65. The van der Waals surface area contributed by atoms with Gasteiger partial charge in [0, 0.05) is 6.54 Å². The molecular formula is C18H25NO3S. The molecule has 5 heteroatoms. The lowest BCUT2D eigenvalue weighted by atomic mass is 9.78. The molecular weight excluding hydrogens is 310 g/mol. The standard InChI is InChI=1S/C18H25NO3S/c1-3-15-13-19(18(17(15)20)11-5-4-6-12-18)23(21,22)16-9-7-14(2)8-10-16/h3,7-10,17,20H,4-6,11-13H2,1-2H3/b15-3+/t17-/m1/s1. The summed E-state index contributed by atoms with van der Waals surface area (Å²) in [7, 11) is -3.61. The molecule has 1 atom stereocenters. The second-order valence-corrected chi connectivity index (χ2v) is 8.62. The van der Waals surface area contributed by atoms with Crippen molar-refractivity contribution in [3.63, 3.8) is 0 Å². The second kappa shape index (κ2) is 6.04. The SMILES string of the molecule is C/C=C1\CN(S(=O)(=O)c2ccc(C)cc2)C2(CCCCC2)[C@@H]1O. The highest BCUT2D eigenvalue weighted by atomic mass is 32.2. The van der Waals surface area contributed by atoms with Crippen LogP contribution in [0.25, 0.3) is 0 Å². The molecule has 0 radical (unpaired) electrons. The number of sulfonamides is 1. The fourth-order valence-corrected chi connectivity index (χ4v) is 5.80. The highest BCUT2D eigenvalue weighted by Crippen LogP contribution is 2.46. The van der Waals surface area contributed by atoms with Gasteiger partial charge in [-0.1, -0.05) is 43.0 Å². The predicted octanol–water partition coefficient (Wildman–Crippen LogP) is 3.01. The van der Waals surface area contributed by atoms with E-state index in [1.54, 1.807) is 16.4 Å². The first-order valence-electron chi connectivity index (χ1n) is 8.34. The second-order valence-electron chi connectivity index (χ2n) is 6.76. The summed E-state index contributed by atoms with van der Waals surface area (Å²) < 4.78 is 28.0. The van der Waals surface area contributed by atoms with Crippen molar-refractivity contribution in [3.05, 3.63) is 41.5 Å². The van der Waals surface area contributed by atoms with Gasteiger partial charge in [-0.25, -0.2) is 8.42 Å². The first kappa shape index (κ1) is 16.7. The van der Waals surface area contributed by atoms with Gasteiger partial charge in [-0.05, 0) is 44.4 Å². The maximum Gasteiger partial charge on any atom is 0.243 e. The molecule has 3 rings (SSSR count). The minimum Gasteiger partial charge on any atom is -0.387 e. The number of nitrogens with zero attached hydrogens (tertiary/aromatic N) is 1. The van der Waals surface area contributed by atoms with E-state index in [0.717, 1.165) is 43.2 Å². The van der Waals surface area contributed by atoms with Crippen LogP contribution in [-0.2, 0) is 10.0 Å². The molecule has 1 aliphatic heterocycles. The Balaban J connectivity index is 2.06. The van der Waals surface area contributed by atoms with Crippen LogP contribution in [0.3, 0.4) is 0 Å². The Bertz CT molecular complexity index is 700. The van der Waals surface area contributed by atoms with Crippen LogP contribution in [0, 0.1) is 6.92 Å². The normalized spacial score (nSPS) is 26.9. The van der Waals surface area contributed by atoms with E-state index in [2.05, 4.69) is 0 Å². The lowest BCUT2D eigenvalue weighted by Crippen LogP contribution is -2.53. The lowest BCUT2D eigenvalue weighted by Gasteiger charge is -2.42. The van der Waals surface area contributed by atoms with E-state index in [-0.39, 0.29) is 0 Å². The summed E-state index contributed by atoms with van der Waals surface area (Å²) in [6, 6.07) is 6.98. The highest BCUT2D eigenvalue weighted by Gasteiger charge is 2.55. The van der Waals surface area contributed by atoms with Crippen molar-refractivity contribution in [1.82, 2.24) is 4.31 Å². The number of rotatable bonds is 2. The number of benzene rings is 1. The Labute approximate surface area is 138 Å². The topological polar surface area (TPSA) is 57.6 Å². The number of hydrogen-bond donors (Lipinski definition) is 1. The Morgan fingerprint density at radius 2 is 1.78 bits per heavy atom. The van der Waals surface area contributed by atoms with Gasteiger partial charge in [0.1, 0.15) is 0 Å². The van der Waals surface area contributed by atoms with Crippen LogP contribution in [0.2, 0.25) is 0 Å². The van der Waals surface area contributed by atoms with E-state index in [1.165, 1.54) is 0 Å². The molecule has 2 fully saturated rings. The number of hydrogen-bond acceptors (Lipinski definition) is 3. The fraction of sp³-hybridized carbons (Fsp3) is 0.556. The van der Waals surface area contributed by atoms with Crippen molar-refractivity contribution >= 4 is 10.0 Å². The van der Waals surface area contributed by atoms with Crippen LogP contribution in [0.4, 0.5) is 0 Å². The van der Waals surface area contributed by atoms with E-state index >= 15 is 0 Å². The van der Waals surface area contributed by atoms with Crippen LogP contribution >= 0.6 is 0 Å². The van der Waals surface area contributed by atoms with Crippen LogP contribution in [-0.4, -0.2) is 36.0 Å². The molecule has 1 saturated heterocycles. The van der Waals surface area contributed by atoms with E-state index in [4.69, 9.17) is 0 Å². The molecule has 1 N–H and O–H groups in total. The van der Waals surface area contributed by atoms with Crippen LogP contribution in [0.15, 0.2) is 40.8 Å². The molecule has 2 aliphatic rings. The Kier molecular flexibility index (Phi) is 4.38. The summed E-state index contributed by atoms with van der Waals surface area (Å²) in [5.41, 5.74) is 1.19. The van der Waals surface area contributed by atoms with Crippen LogP contribution in [0.5, 0.6) is 0 Å². The van der Waals surface area contributed by atoms with E-state index < -0.39 is 21.7 Å². The Morgan fingerprint density at radius 1 is 1.17 bits per heavy atom. The van der Waals surface area contributed by atoms with Crippen molar-refractivity contribution in [2.24, 2.45) is 0 Å². The number of aryl methyl sites for hydroxylation is 1. The van der Waals surface area contributed by atoms with Crippen molar-refractivity contribution in [2.45, 2.75) is 62.5 Å². The summed E-state index contributed by atoms with van der Waals surface area (Å²) in [5.74, 6) is 0. The Hall–Kier alpha value is -1.17. The quantitative estimate of drug-likeness (QED) is 0.845.